The van der Waals surface area contributed by atoms with E-state index in [1.807, 2.05) is 19.9 Å². The molecular formula is C19H30N2O3. The molecule has 1 aromatic rings. The Hall–Kier alpha value is -1.59. The smallest absolute Gasteiger partial charge is 0.221 e. The van der Waals surface area contributed by atoms with E-state index in [0.717, 1.165) is 18.8 Å². The van der Waals surface area contributed by atoms with Crippen molar-refractivity contribution in [3.05, 3.63) is 29.3 Å². The van der Waals surface area contributed by atoms with Crippen molar-refractivity contribution in [3.63, 3.8) is 0 Å². The molecule has 1 unspecified atom stereocenters. The molecule has 0 radical (unpaired) electrons. The summed E-state index contributed by atoms with van der Waals surface area (Å²) >= 11 is 0. The van der Waals surface area contributed by atoms with Crippen molar-refractivity contribution in [2.75, 3.05) is 26.2 Å². The van der Waals surface area contributed by atoms with E-state index in [2.05, 4.69) is 36.2 Å². The lowest BCUT2D eigenvalue weighted by Gasteiger charge is -2.23. The lowest BCUT2D eigenvalue weighted by atomic mass is 9.95. The molecule has 5 heteroatoms. The third-order valence-corrected chi connectivity index (χ3v) is 4.30. The second kappa shape index (κ2) is 7.99. The first kappa shape index (κ1) is 18.7. The van der Waals surface area contributed by atoms with Gasteiger partial charge in [-0.2, -0.15) is 0 Å². The van der Waals surface area contributed by atoms with Crippen LogP contribution in [0.1, 0.15) is 38.3 Å². The van der Waals surface area contributed by atoms with Gasteiger partial charge < -0.3 is 15.2 Å². The number of aliphatic hydroxyl groups is 1. The third-order valence-electron chi connectivity index (χ3n) is 4.30. The van der Waals surface area contributed by atoms with Gasteiger partial charge >= 0.3 is 0 Å². The number of carbonyl (C=O) groups is 1. The minimum atomic E-state index is -0.281. The molecule has 5 nitrogen and oxygen atoms in total. The summed E-state index contributed by atoms with van der Waals surface area (Å²) in [5, 5.41) is 12.2. The van der Waals surface area contributed by atoms with Gasteiger partial charge in [-0.15, -0.1) is 0 Å². The van der Waals surface area contributed by atoms with Gasteiger partial charge in [-0.05, 0) is 19.9 Å². The molecule has 0 saturated carbocycles. The van der Waals surface area contributed by atoms with E-state index in [1.165, 1.54) is 11.1 Å². The van der Waals surface area contributed by atoms with Gasteiger partial charge in [0.15, 0.2) is 0 Å². The molecule has 0 aliphatic carbocycles. The van der Waals surface area contributed by atoms with Crippen LogP contribution < -0.4 is 10.1 Å². The summed E-state index contributed by atoms with van der Waals surface area (Å²) in [4.78, 5) is 14.3. The minimum Gasteiger partial charge on any atom is -0.489 e. The first-order valence-corrected chi connectivity index (χ1v) is 8.65. The Morgan fingerprint density at radius 3 is 2.92 bits per heavy atom. The minimum absolute atomic E-state index is 0.0267. The van der Waals surface area contributed by atoms with Crippen LogP contribution in [0, 0.1) is 12.3 Å². The molecule has 1 aromatic carbocycles. The molecule has 0 spiro atoms. The van der Waals surface area contributed by atoms with E-state index in [9.17, 15) is 9.90 Å². The zero-order valence-electron chi connectivity index (χ0n) is 15.3. The highest BCUT2D eigenvalue weighted by atomic mass is 16.5. The Morgan fingerprint density at radius 2 is 2.21 bits per heavy atom. The number of benzene rings is 1. The SMILES string of the molecule is Cc1ccc2c(c1)CN(CCC(=O)NCC(C)(C)CO)CC(C)O2. The first-order valence-electron chi connectivity index (χ1n) is 8.65. The van der Waals surface area contributed by atoms with Gasteiger partial charge in [-0.1, -0.05) is 31.5 Å². The first-order chi connectivity index (χ1) is 11.3. The second-order valence-corrected chi connectivity index (χ2v) is 7.62. The van der Waals surface area contributed by atoms with Crippen molar-refractivity contribution in [3.8, 4) is 5.75 Å². The molecule has 24 heavy (non-hydrogen) atoms. The molecule has 1 aliphatic rings. The number of nitrogens with zero attached hydrogens (tertiary/aromatic N) is 1. The fourth-order valence-electron chi connectivity index (χ4n) is 2.78. The van der Waals surface area contributed by atoms with Crippen molar-refractivity contribution in [1.82, 2.24) is 10.2 Å². The molecule has 1 heterocycles. The molecule has 1 amide bonds. The highest BCUT2D eigenvalue weighted by molar-refractivity contribution is 5.76. The van der Waals surface area contributed by atoms with Crippen molar-refractivity contribution >= 4 is 5.91 Å². The molecule has 0 bridgehead atoms. The van der Waals surface area contributed by atoms with E-state index in [4.69, 9.17) is 4.74 Å². The van der Waals surface area contributed by atoms with E-state index in [1.54, 1.807) is 0 Å². The number of rotatable bonds is 6. The summed E-state index contributed by atoms with van der Waals surface area (Å²) in [6.45, 7) is 10.9. The Labute approximate surface area is 145 Å². The van der Waals surface area contributed by atoms with Gasteiger partial charge in [0.1, 0.15) is 11.9 Å². The molecule has 134 valence electrons. The summed E-state index contributed by atoms with van der Waals surface area (Å²) in [6, 6.07) is 6.26. The number of amides is 1. The third kappa shape index (κ3) is 5.49. The topological polar surface area (TPSA) is 61.8 Å². The Bertz CT molecular complexity index is 572. The zero-order valence-corrected chi connectivity index (χ0v) is 15.3. The predicted octanol–water partition coefficient (Wildman–Crippen LogP) is 2.10. The molecule has 1 atom stereocenters. The molecule has 0 fully saturated rings. The quantitative estimate of drug-likeness (QED) is 0.836. The second-order valence-electron chi connectivity index (χ2n) is 7.62. The van der Waals surface area contributed by atoms with Gasteiger partial charge in [0.2, 0.25) is 5.91 Å². The Kier molecular flexibility index (Phi) is 6.24. The van der Waals surface area contributed by atoms with E-state index >= 15 is 0 Å². The average molecular weight is 334 g/mol. The van der Waals surface area contributed by atoms with Crippen LogP contribution in [0.4, 0.5) is 0 Å². The summed E-state index contributed by atoms with van der Waals surface area (Å²) < 4.78 is 5.99. The monoisotopic (exact) mass is 334 g/mol. The number of carbonyl (C=O) groups excluding carboxylic acids is 1. The number of fused-ring (bicyclic) bond motifs is 1. The standard InChI is InChI=1S/C19H30N2O3/c1-14-5-6-17-16(9-14)11-21(10-15(2)24-17)8-7-18(23)20-12-19(3,4)13-22/h5-6,9,15,22H,7-8,10-13H2,1-4H3,(H,20,23). The largest absolute Gasteiger partial charge is 0.489 e. The lowest BCUT2D eigenvalue weighted by molar-refractivity contribution is -0.122. The molecule has 0 saturated heterocycles. The highest BCUT2D eigenvalue weighted by Gasteiger charge is 2.21. The maximum Gasteiger partial charge on any atom is 0.221 e. The Morgan fingerprint density at radius 1 is 1.46 bits per heavy atom. The fourth-order valence-corrected chi connectivity index (χ4v) is 2.78. The summed E-state index contributed by atoms with van der Waals surface area (Å²) in [7, 11) is 0. The molecular weight excluding hydrogens is 304 g/mol. The van der Waals surface area contributed by atoms with Crippen LogP contribution in [-0.2, 0) is 11.3 Å². The highest BCUT2D eigenvalue weighted by Crippen LogP contribution is 2.26. The molecule has 0 aromatic heterocycles. The zero-order chi connectivity index (χ0) is 17.7. The number of aliphatic hydroxyl groups excluding tert-OH is 1. The van der Waals surface area contributed by atoms with Gasteiger partial charge in [0.05, 0.1) is 0 Å². The van der Waals surface area contributed by atoms with Crippen LogP contribution in [0.25, 0.3) is 0 Å². The number of nitrogens with one attached hydrogen (secondary N) is 1. The lowest BCUT2D eigenvalue weighted by Crippen LogP contribution is -2.38. The molecule has 2 N–H and O–H groups in total. The number of hydrogen-bond donors (Lipinski definition) is 2. The van der Waals surface area contributed by atoms with Gasteiger partial charge in [-0.3, -0.25) is 9.69 Å². The normalized spacial score (nSPS) is 18.5. The molecule has 2 rings (SSSR count). The van der Waals surface area contributed by atoms with Crippen LogP contribution in [-0.4, -0.2) is 48.3 Å². The van der Waals surface area contributed by atoms with Crippen LogP contribution in [0.5, 0.6) is 5.75 Å². The summed E-state index contributed by atoms with van der Waals surface area (Å²) in [5.41, 5.74) is 2.12. The van der Waals surface area contributed by atoms with Crippen molar-refractivity contribution in [2.45, 2.75) is 46.8 Å². The van der Waals surface area contributed by atoms with Crippen molar-refractivity contribution in [2.24, 2.45) is 5.41 Å². The van der Waals surface area contributed by atoms with Crippen molar-refractivity contribution < 1.29 is 14.6 Å². The fraction of sp³-hybridized carbons (Fsp3) is 0.632. The predicted molar refractivity (Wildman–Crippen MR) is 95.0 cm³/mol. The maximum atomic E-state index is 12.1. The number of aryl methyl sites for hydroxylation is 1. The van der Waals surface area contributed by atoms with E-state index in [0.29, 0.717) is 19.5 Å². The van der Waals surface area contributed by atoms with Gasteiger partial charge in [-0.25, -0.2) is 0 Å². The van der Waals surface area contributed by atoms with Crippen LogP contribution in [0.2, 0.25) is 0 Å². The van der Waals surface area contributed by atoms with Gasteiger partial charge in [0, 0.05) is 50.2 Å². The average Bonchev–Trinajstić information content (AvgIpc) is 2.68. The van der Waals surface area contributed by atoms with Crippen molar-refractivity contribution in [1.29, 1.82) is 0 Å². The maximum absolute atomic E-state index is 12.1. The summed E-state index contributed by atoms with van der Waals surface area (Å²) in [5.74, 6) is 0.976. The van der Waals surface area contributed by atoms with Crippen LogP contribution >= 0.6 is 0 Å². The van der Waals surface area contributed by atoms with Crippen LogP contribution in [0.3, 0.4) is 0 Å². The summed E-state index contributed by atoms with van der Waals surface area (Å²) in [6.07, 6.45) is 0.556. The van der Waals surface area contributed by atoms with E-state index in [-0.39, 0.29) is 24.0 Å². The van der Waals surface area contributed by atoms with E-state index < -0.39 is 0 Å². The van der Waals surface area contributed by atoms with Gasteiger partial charge in [0.25, 0.3) is 0 Å². The number of ether oxygens (including phenoxy) is 1. The Balaban J connectivity index is 1.89. The van der Waals surface area contributed by atoms with Crippen LogP contribution in [0.15, 0.2) is 18.2 Å². The number of hydrogen-bond acceptors (Lipinski definition) is 4. The molecule has 1 aliphatic heterocycles.